The summed E-state index contributed by atoms with van der Waals surface area (Å²) in [6.07, 6.45) is 14.6. The molecule has 0 N–H and O–H groups in total. The number of halogens is 1. The van der Waals surface area contributed by atoms with E-state index < -0.39 is 0 Å². The second kappa shape index (κ2) is 11.3. The van der Waals surface area contributed by atoms with Crippen LogP contribution in [0.1, 0.15) is 84.0 Å². The van der Waals surface area contributed by atoms with Gasteiger partial charge in [0.1, 0.15) is 0 Å². The highest BCUT2D eigenvalue weighted by Crippen LogP contribution is 2.32. The maximum absolute atomic E-state index is 12.0. The summed E-state index contributed by atoms with van der Waals surface area (Å²) >= 11 is 5.98. The largest absolute Gasteiger partial charge is 0.345 e. The van der Waals surface area contributed by atoms with Crippen LogP contribution in [0.15, 0.2) is 0 Å². The fourth-order valence-electron chi connectivity index (χ4n) is 3.07. The SMILES string of the molecule is CCCCCCCCCCCC(=O)N(C)CC1CC(Cl)C1. The van der Waals surface area contributed by atoms with Gasteiger partial charge in [-0.1, -0.05) is 58.3 Å². The Balaban J connectivity index is 1.88. The van der Waals surface area contributed by atoms with Crippen LogP contribution in [0.3, 0.4) is 0 Å². The minimum absolute atomic E-state index is 0.316. The van der Waals surface area contributed by atoms with Gasteiger partial charge < -0.3 is 4.90 Å². The Morgan fingerprint density at radius 1 is 1.00 bits per heavy atom. The van der Waals surface area contributed by atoms with Crippen LogP contribution in [0.2, 0.25) is 0 Å². The maximum Gasteiger partial charge on any atom is 0.222 e. The second-order valence-electron chi connectivity index (χ2n) is 6.79. The molecule has 0 unspecified atom stereocenters. The zero-order valence-corrected chi connectivity index (χ0v) is 14.8. The number of hydrogen-bond acceptors (Lipinski definition) is 1. The summed E-state index contributed by atoms with van der Waals surface area (Å²) in [7, 11) is 1.94. The molecule has 1 aliphatic rings. The van der Waals surface area contributed by atoms with Gasteiger partial charge in [0.25, 0.3) is 0 Å². The van der Waals surface area contributed by atoms with E-state index in [1.807, 2.05) is 11.9 Å². The van der Waals surface area contributed by atoms with Crippen LogP contribution in [-0.4, -0.2) is 29.8 Å². The molecule has 0 aliphatic heterocycles. The molecule has 1 fully saturated rings. The maximum atomic E-state index is 12.0. The lowest BCUT2D eigenvalue weighted by Crippen LogP contribution is -2.37. The minimum Gasteiger partial charge on any atom is -0.345 e. The van der Waals surface area contributed by atoms with E-state index in [0.29, 0.717) is 17.2 Å². The number of hydrogen-bond donors (Lipinski definition) is 0. The van der Waals surface area contributed by atoms with Crippen LogP contribution in [0.25, 0.3) is 0 Å². The van der Waals surface area contributed by atoms with Crippen molar-refractivity contribution >= 4 is 17.5 Å². The van der Waals surface area contributed by atoms with Crippen molar-refractivity contribution in [3.8, 4) is 0 Å². The fraction of sp³-hybridized carbons (Fsp3) is 0.944. The van der Waals surface area contributed by atoms with Gasteiger partial charge in [-0.25, -0.2) is 0 Å². The van der Waals surface area contributed by atoms with E-state index in [0.717, 1.165) is 32.2 Å². The topological polar surface area (TPSA) is 20.3 Å². The third-order valence-corrected chi connectivity index (χ3v) is 4.99. The summed E-state index contributed by atoms with van der Waals surface area (Å²) in [6.45, 7) is 3.16. The van der Waals surface area contributed by atoms with Crippen molar-refractivity contribution in [3.05, 3.63) is 0 Å². The molecule has 3 heteroatoms. The first-order valence-electron chi connectivity index (χ1n) is 9.01. The van der Waals surface area contributed by atoms with Crippen LogP contribution in [0.4, 0.5) is 0 Å². The van der Waals surface area contributed by atoms with Gasteiger partial charge in [0.15, 0.2) is 0 Å². The molecule has 1 rings (SSSR count). The van der Waals surface area contributed by atoms with E-state index in [1.165, 1.54) is 51.4 Å². The third kappa shape index (κ3) is 8.70. The minimum atomic E-state index is 0.316. The number of carbonyl (C=O) groups excluding carboxylic acids is 1. The summed E-state index contributed by atoms with van der Waals surface area (Å²) in [4.78, 5) is 13.9. The highest BCUT2D eigenvalue weighted by molar-refractivity contribution is 6.21. The molecular formula is C18H34ClNO. The first-order valence-corrected chi connectivity index (χ1v) is 9.45. The molecule has 21 heavy (non-hydrogen) atoms. The predicted molar refractivity (Wildman–Crippen MR) is 91.8 cm³/mol. The lowest BCUT2D eigenvalue weighted by atomic mass is 9.84. The van der Waals surface area contributed by atoms with Crippen molar-refractivity contribution in [2.45, 2.75) is 89.4 Å². The number of carbonyl (C=O) groups is 1. The van der Waals surface area contributed by atoms with Crippen molar-refractivity contribution in [3.63, 3.8) is 0 Å². The van der Waals surface area contributed by atoms with Gasteiger partial charge in [-0.15, -0.1) is 11.6 Å². The van der Waals surface area contributed by atoms with Crippen molar-refractivity contribution in [2.24, 2.45) is 5.92 Å². The Bertz CT molecular complexity index is 276. The lowest BCUT2D eigenvalue weighted by molar-refractivity contribution is -0.130. The molecule has 0 aromatic heterocycles. The first kappa shape index (κ1) is 18.8. The van der Waals surface area contributed by atoms with E-state index in [9.17, 15) is 4.79 Å². The third-order valence-electron chi connectivity index (χ3n) is 4.63. The molecule has 0 heterocycles. The van der Waals surface area contributed by atoms with Crippen LogP contribution < -0.4 is 0 Å². The lowest BCUT2D eigenvalue weighted by Gasteiger charge is -2.34. The number of amides is 1. The molecule has 0 radical (unpaired) electrons. The van der Waals surface area contributed by atoms with Gasteiger partial charge in [0.2, 0.25) is 5.91 Å². The fourth-order valence-corrected chi connectivity index (χ4v) is 3.57. The van der Waals surface area contributed by atoms with Crippen LogP contribution >= 0.6 is 11.6 Å². The molecule has 0 aromatic rings. The van der Waals surface area contributed by atoms with Gasteiger partial charge in [-0.05, 0) is 25.2 Å². The monoisotopic (exact) mass is 315 g/mol. The van der Waals surface area contributed by atoms with E-state index >= 15 is 0 Å². The van der Waals surface area contributed by atoms with Gasteiger partial charge >= 0.3 is 0 Å². The molecule has 0 saturated heterocycles. The number of unbranched alkanes of at least 4 members (excludes halogenated alkanes) is 8. The van der Waals surface area contributed by atoms with Crippen molar-refractivity contribution in [1.29, 1.82) is 0 Å². The van der Waals surface area contributed by atoms with Gasteiger partial charge in [-0.3, -0.25) is 4.79 Å². The Morgan fingerprint density at radius 3 is 2.05 bits per heavy atom. The molecule has 0 spiro atoms. The van der Waals surface area contributed by atoms with Crippen LogP contribution in [0.5, 0.6) is 0 Å². The standard InChI is InChI=1S/C18H34ClNO/c1-3-4-5-6-7-8-9-10-11-12-18(21)20(2)15-16-13-17(19)14-16/h16-17H,3-15H2,1-2H3. The second-order valence-corrected chi connectivity index (χ2v) is 7.40. The summed E-state index contributed by atoms with van der Waals surface area (Å²) < 4.78 is 0. The molecule has 0 aromatic carbocycles. The Morgan fingerprint density at radius 2 is 1.52 bits per heavy atom. The zero-order chi connectivity index (χ0) is 15.5. The Hall–Kier alpha value is -0.240. The van der Waals surface area contributed by atoms with Crippen molar-refractivity contribution in [1.82, 2.24) is 4.90 Å². The molecule has 0 bridgehead atoms. The average molecular weight is 316 g/mol. The van der Waals surface area contributed by atoms with Gasteiger partial charge in [0, 0.05) is 25.4 Å². The molecular weight excluding hydrogens is 282 g/mol. The van der Waals surface area contributed by atoms with E-state index in [1.54, 1.807) is 0 Å². The zero-order valence-electron chi connectivity index (χ0n) is 14.1. The van der Waals surface area contributed by atoms with Gasteiger partial charge in [-0.2, -0.15) is 0 Å². The van der Waals surface area contributed by atoms with Crippen LogP contribution in [-0.2, 0) is 4.79 Å². The summed E-state index contributed by atoms with van der Waals surface area (Å²) in [5, 5.41) is 0.357. The summed E-state index contributed by atoms with van der Waals surface area (Å²) in [6, 6.07) is 0. The first-order chi connectivity index (χ1) is 10.1. The number of rotatable bonds is 12. The normalized spacial score (nSPS) is 21.1. The van der Waals surface area contributed by atoms with E-state index in [4.69, 9.17) is 11.6 Å². The summed E-state index contributed by atoms with van der Waals surface area (Å²) in [5.41, 5.74) is 0. The van der Waals surface area contributed by atoms with Gasteiger partial charge in [0.05, 0.1) is 0 Å². The average Bonchev–Trinajstić information content (AvgIpc) is 2.43. The predicted octanol–water partition coefficient (Wildman–Crippen LogP) is 5.38. The van der Waals surface area contributed by atoms with Crippen molar-refractivity contribution < 1.29 is 4.79 Å². The Kier molecular flexibility index (Phi) is 10.2. The molecule has 124 valence electrons. The molecule has 2 nitrogen and oxygen atoms in total. The smallest absolute Gasteiger partial charge is 0.222 e. The Labute approximate surface area is 136 Å². The quantitative estimate of drug-likeness (QED) is 0.349. The molecule has 1 aliphatic carbocycles. The summed E-state index contributed by atoms with van der Waals surface area (Å²) in [5.74, 6) is 0.959. The van der Waals surface area contributed by atoms with Crippen molar-refractivity contribution in [2.75, 3.05) is 13.6 Å². The van der Waals surface area contributed by atoms with E-state index in [-0.39, 0.29) is 0 Å². The highest BCUT2D eigenvalue weighted by Gasteiger charge is 2.28. The number of alkyl halides is 1. The van der Waals surface area contributed by atoms with Crippen LogP contribution in [0, 0.1) is 5.92 Å². The molecule has 0 atom stereocenters. The number of nitrogens with zero attached hydrogens (tertiary/aromatic N) is 1. The molecule has 1 amide bonds. The highest BCUT2D eigenvalue weighted by atomic mass is 35.5. The van der Waals surface area contributed by atoms with E-state index in [2.05, 4.69) is 6.92 Å². The molecule has 1 saturated carbocycles.